The van der Waals surface area contributed by atoms with Crippen LogP contribution in [0.4, 0.5) is 0 Å². The highest BCUT2D eigenvalue weighted by atomic mass is 16.4. The van der Waals surface area contributed by atoms with Crippen LogP contribution < -0.4 is 0 Å². The van der Waals surface area contributed by atoms with Gasteiger partial charge in [0.25, 0.3) is 0 Å². The number of hydrogen-bond donors (Lipinski definition) is 1. The molecular formula is C11H18O3. The van der Waals surface area contributed by atoms with E-state index in [0.717, 1.165) is 19.1 Å². The van der Waals surface area contributed by atoms with Gasteiger partial charge in [-0.3, -0.25) is 4.79 Å². The van der Waals surface area contributed by atoms with Crippen molar-refractivity contribution >= 4 is 12.3 Å². The lowest BCUT2D eigenvalue weighted by molar-refractivity contribution is -0.143. The van der Waals surface area contributed by atoms with E-state index in [-0.39, 0.29) is 11.8 Å². The van der Waals surface area contributed by atoms with Crippen LogP contribution >= 0.6 is 0 Å². The Morgan fingerprint density at radius 2 is 2.14 bits per heavy atom. The molecule has 0 radical (unpaired) electrons. The maximum absolute atomic E-state index is 10.6. The van der Waals surface area contributed by atoms with Crippen molar-refractivity contribution in [2.75, 3.05) is 0 Å². The maximum Gasteiger partial charge on any atom is 0.307 e. The molecule has 2 atom stereocenters. The van der Waals surface area contributed by atoms with Crippen LogP contribution in [0.3, 0.4) is 0 Å². The third-order valence-corrected chi connectivity index (χ3v) is 2.35. The molecule has 14 heavy (non-hydrogen) atoms. The van der Waals surface area contributed by atoms with E-state index >= 15 is 0 Å². The number of carboxylic acids is 1. The fraction of sp³-hybridized carbons (Fsp3) is 0.636. The van der Waals surface area contributed by atoms with E-state index in [0.29, 0.717) is 0 Å². The van der Waals surface area contributed by atoms with Crippen molar-refractivity contribution in [2.45, 2.75) is 33.6 Å². The molecular weight excluding hydrogens is 180 g/mol. The second-order valence-electron chi connectivity index (χ2n) is 3.59. The zero-order chi connectivity index (χ0) is 11.1. The molecule has 0 saturated carbocycles. The van der Waals surface area contributed by atoms with Gasteiger partial charge in [-0.1, -0.05) is 18.6 Å². The predicted molar refractivity (Wildman–Crippen MR) is 55.0 cm³/mol. The Bertz CT molecular complexity index is 231. The number of hydrogen-bond acceptors (Lipinski definition) is 2. The first kappa shape index (κ1) is 12.9. The van der Waals surface area contributed by atoms with Crippen molar-refractivity contribution in [1.29, 1.82) is 0 Å². The fourth-order valence-corrected chi connectivity index (χ4v) is 1.64. The molecule has 0 aliphatic heterocycles. The Kier molecular flexibility index (Phi) is 5.84. The zero-order valence-electron chi connectivity index (χ0n) is 8.99. The Labute approximate surface area is 84.8 Å². The van der Waals surface area contributed by atoms with Crippen LogP contribution in [-0.2, 0) is 9.59 Å². The molecule has 0 aromatic carbocycles. The van der Waals surface area contributed by atoms with Crippen LogP contribution in [0, 0.1) is 11.8 Å². The van der Waals surface area contributed by atoms with Gasteiger partial charge in [0.15, 0.2) is 0 Å². The number of aliphatic carboxylic acids is 1. The number of carbonyl (C=O) groups is 2. The average Bonchev–Trinajstić information content (AvgIpc) is 2.04. The molecule has 1 N–H and O–H groups in total. The molecule has 0 heterocycles. The SMILES string of the molecule is CC1=CC(C)C(C(=O)O)CC1.CC=O. The highest BCUT2D eigenvalue weighted by Gasteiger charge is 2.25. The Morgan fingerprint density at radius 1 is 1.64 bits per heavy atom. The molecule has 80 valence electrons. The molecule has 0 amide bonds. The summed E-state index contributed by atoms with van der Waals surface area (Å²) in [5.41, 5.74) is 1.33. The molecule has 1 aliphatic carbocycles. The zero-order valence-corrected chi connectivity index (χ0v) is 8.99. The van der Waals surface area contributed by atoms with Crippen LogP contribution in [0.5, 0.6) is 0 Å². The monoisotopic (exact) mass is 198 g/mol. The molecule has 0 saturated heterocycles. The van der Waals surface area contributed by atoms with E-state index in [1.165, 1.54) is 12.5 Å². The first-order valence-corrected chi connectivity index (χ1v) is 4.82. The van der Waals surface area contributed by atoms with Crippen molar-refractivity contribution < 1.29 is 14.7 Å². The van der Waals surface area contributed by atoms with E-state index in [1.807, 2.05) is 6.92 Å². The molecule has 1 rings (SSSR count). The molecule has 0 aromatic heterocycles. The molecule has 0 bridgehead atoms. The van der Waals surface area contributed by atoms with Gasteiger partial charge in [-0.05, 0) is 32.6 Å². The molecule has 1 aliphatic rings. The van der Waals surface area contributed by atoms with E-state index in [1.54, 1.807) is 0 Å². The third kappa shape index (κ3) is 4.21. The van der Waals surface area contributed by atoms with E-state index in [9.17, 15) is 4.79 Å². The van der Waals surface area contributed by atoms with Crippen molar-refractivity contribution in [3.8, 4) is 0 Å². The summed E-state index contributed by atoms with van der Waals surface area (Å²) in [6.45, 7) is 5.48. The minimum Gasteiger partial charge on any atom is -0.481 e. The number of carbonyl (C=O) groups excluding carboxylic acids is 1. The van der Waals surface area contributed by atoms with Crippen molar-refractivity contribution in [3.05, 3.63) is 11.6 Å². The summed E-state index contributed by atoms with van der Waals surface area (Å²) < 4.78 is 0. The number of allylic oxidation sites excluding steroid dienone is 2. The molecule has 3 nitrogen and oxygen atoms in total. The summed E-state index contributed by atoms with van der Waals surface area (Å²) >= 11 is 0. The lowest BCUT2D eigenvalue weighted by Gasteiger charge is -2.22. The van der Waals surface area contributed by atoms with Gasteiger partial charge in [0.2, 0.25) is 0 Å². The van der Waals surface area contributed by atoms with E-state index in [2.05, 4.69) is 13.0 Å². The lowest BCUT2D eigenvalue weighted by atomic mass is 9.82. The topological polar surface area (TPSA) is 54.4 Å². The van der Waals surface area contributed by atoms with Crippen LogP contribution in [0.2, 0.25) is 0 Å². The summed E-state index contributed by atoms with van der Waals surface area (Å²) in [7, 11) is 0. The average molecular weight is 198 g/mol. The predicted octanol–water partition coefficient (Wildman–Crippen LogP) is 2.27. The first-order valence-electron chi connectivity index (χ1n) is 4.82. The van der Waals surface area contributed by atoms with Gasteiger partial charge in [0, 0.05) is 0 Å². The Balaban J connectivity index is 0.000000500. The van der Waals surface area contributed by atoms with Crippen molar-refractivity contribution in [1.82, 2.24) is 0 Å². The number of rotatable bonds is 1. The second-order valence-corrected chi connectivity index (χ2v) is 3.59. The van der Waals surface area contributed by atoms with Gasteiger partial charge < -0.3 is 9.90 Å². The van der Waals surface area contributed by atoms with Gasteiger partial charge in [-0.25, -0.2) is 0 Å². The van der Waals surface area contributed by atoms with Crippen LogP contribution in [0.1, 0.15) is 33.6 Å². The molecule has 0 fully saturated rings. The highest BCUT2D eigenvalue weighted by molar-refractivity contribution is 5.70. The number of carboxylic acid groups (broad SMARTS) is 1. The quantitative estimate of drug-likeness (QED) is 0.519. The minimum absolute atomic E-state index is 0.154. The van der Waals surface area contributed by atoms with Gasteiger partial charge in [0.1, 0.15) is 6.29 Å². The fourth-order valence-electron chi connectivity index (χ4n) is 1.64. The standard InChI is InChI=1S/C9H14O2.C2H4O/c1-6-3-4-8(9(10)11)7(2)5-6;1-2-3/h5,7-8H,3-4H2,1-2H3,(H,10,11);2H,1H3. The minimum atomic E-state index is -0.652. The number of aldehydes is 1. The van der Waals surface area contributed by atoms with Crippen LogP contribution in [0.25, 0.3) is 0 Å². The summed E-state index contributed by atoms with van der Waals surface area (Å²) in [6, 6.07) is 0. The molecule has 3 heteroatoms. The van der Waals surface area contributed by atoms with Gasteiger partial charge in [0.05, 0.1) is 5.92 Å². The largest absolute Gasteiger partial charge is 0.481 e. The highest BCUT2D eigenvalue weighted by Crippen LogP contribution is 2.28. The summed E-state index contributed by atoms with van der Waals surface area (Å²) in [5.74, 6) is -0.596. The van der Waals surface area contributed by atoms with Crippen LogP contribution in [0.15, 0.2) is 11.6 Å². The Hall–Kier alpha value is -1.12. The summed E-state index contributed by atoms with van der Waals surface area (Å²) in [4.78, 5) is 19.4. The Morgan fingerprint density at radius 3 is 2.50 bits per heavy atom. The van der Waals surface area contributed by atoms with Crippen molar-refractivity contribution in [3.63, 3.8) is 0 Å². The summed E-state index contributed by atoms with van der Waals surface area (Å²) in [5, 5.41) is 8.77. The van der Waals surface area contributed by atoms with Gasteiger partial charge in [-0.2, -0.15) is 0 Å². The normalized spacial score (nSPS) is 25.5. The van der Waals surface area contributed by atoms with Gasteiger partial charge in [-0.15, -0.1) is 0 Å². The molecule has 0 aromatic rings. The smallest absolute Gasteiger partial charge is 0.307 e. The maximum atomic E-state index is 10.6. The second kappa shape index (κ2) is 6.35. The third-order valence-electron chi connectivity index (χ3n) is 2.35. The lowest BCUT2D eigenvalue weighted by Crippen LogP contribution is -2.23. The van der Waals surface area contributed by atoms with E-state index in [4.69, 9.17) is 9.90 Å². The first-order chi connectivity index (χ1) is 6.52. The van der Waals surface area contributed by atoms with E-state index < -0.39 is 5.97 Å². The van der Waals surface area contributed by atoms with Crippen molar-refractivity contribution in [2.24, 2.45) is 11.8 Å². The summed E-state index contributed by atoms with van der Waals surface area (Å²) in [6.07, 6.45) is 4.57. The van der Waals surface area contributed by atoms with Crippen LogP contribution in [-0.4, -0.2) is 17.4 Å². The molecule has 0 spiro atoms. The van der Waals surface area contributed by atoms with Gasteiger partial charge >= 0.3 is 5.97 Å². The molecule has 2 unspecified atom stereocenters.